The Labute approximate surface area is 137 Å². The number of hydrogen-bond acceptors (Lipinski definition) is 4. The van der Waals surface area contributed by atoms with E-state index in [4.69, 9.17) is 4.74 Å². The molecule has 0 spiro atoms. The number of aromatic nitrogens is 2. The van der Waals surface area contributed by atoms with Gasteiger partial charge in [0, 0.05) is 12.2 Å². The molecular weight excluding hydrogens is 288 g/mol. The maximum atomic E-state index is 5.97. The van der Waals surface area contributed by atoms with Crippen molar-refractivity contribution in [1.82, 2.24) is 14.5 Å². The number of pyridine rings is 1. The van der Waals surface area contributed by atoms with E-state index in [0.29, 0.717) is 12.5 Å². The van der Waals surface area contributed by atoms with Gasteiger partial charge >= 0.3 is 0 Å². The van der Waals surface area contributed by atoms with E-state index in [9.17, 15) is 0 Å². The summed E-state index contributed by atoms with van der Waals surface area (Å²) in [6.45, 7) is 7.71. The zero-order valence-corrected chi connectivity index (χ0v) is 13.6. The van der Waals surface area contributed by atoms with Crippen molar-refractivity contribution in [3.63, 3.8) is 0 Å². The van der Waals surface area contributed by atoms with Crippen molar-refractivity contribution in [2.24, 2.45) is 4.99 Å². The zero-order chi connectivity index (χ0) is 15.6. The first-order valence-electron chi connectivity index (χ1n) is 8.72. The van der Waals surface area contributed by atoms with Crippen LogP contribution in [0.5, 0.6) is 5.88 Å². The van der Waals surface area contributed by atoms with E-state index >= 15 is 0 Å². The van der Waals surface area contributed by atoms with Crippen molar-refractivity contribution < 1.29 is 4.74 Å². The van der Waals surface area contributed by atoms with Gasteiger partial charge < -0.3 is 4.74 Å². The average molecular weight is 312 g/mol. The molecule has 1 aliphatic carbocycles. The molecular formula is C18H24N4O. The average Bonchev–Trinajstić information content (AvgIpc) is 3.19. The maximum Gasteiger partial charge on any atom is 0.260 e. The first-order valence-corrected chi connectivity index (χ1v) is 8.72. The number of aliphatic imine (C=N–C) groups is 1. The van der Waals surface area contributed by atoms with Crippen molar-refractivity contribution in [1.29, 1.82) is 0 Å². The molecule has 2 aromatic rings. The molecule has 0 bridgehead atoms. The third-order valence-corrected chi connectivity index (χ3v) is 5.05. The molecule has 0 N–H and O–H groups in total. The summed E-state index contributed by atoms with van der Waals surface area (Å²) in [6.07, 6.45) is 7.40. The van der Waals surface area contributed by atoms with Crippen LogP contribution in [0.1, 0.15) is 36.9 Å². The molecule has 0 radical (unpaired) electrons. The van der Waals surface area contributed by atoms with Gasteiger partial charge in [-0.25, -0.2) is 4.52 Å². The summed E-state index contributed by atoms with van der Waals surface area (Å²) in [6, 6.07) is 4.30. The third-order valence-electron chi connectivity index (χ3n) is 5.05. The van der Waals surface area contributed by atoms with E-state index in [2.05, 4.69) is 33.8 Å². The Morgan fingerprint density at radius 2 is 2.00 bits per heavy atom. The molecule has 0 unspecified atom stereocenters. The summed E-state index contributed by atoms with van der Waals surface area (Å²) >= 11 is 0. The van der Waals surface area contributed by atoms with Crippen LogP contribution in [0.15, 0.2) is 17.1 Å². The Balaban J connectivity index is 1.53. The second kappa shape index (κ2) is 6.32. The molecule has 122 valence electrons. The first-order chi connectivity index (χ1) is 11.4. The fourth-order valence-corrected chi connectivity index (χ4v) is 3.81. The van der Waals surface area contributed by atoms with Crippen LogP contribution < -0.4 is 4.74 Å². The largest absolute Gasteiger partial charge is 0.474 e. The molecule has 3 heterocycles. The summed E-state index contributed by atoms with van der Waals surface area (Å²) in [5, 5.41) is 4.68. The van der Waals surface area contributed by atoms with Gasteiger partial charge in [0.15, 0.2) is 5.69 Å². The Morgan fingerprint density at radius 3 is 2.83 bits per heavy atom. The highest BCUT2D eigenvalue weighted by atomic mass is 16.5. The molecule has 0 atom stereocenters. The molecule has 2 aliphatic rings. The minimum absolute atomic E-state index is 0.623. The molecule has 4 rings (SSSR count). The molecule has 5 heteroatoms. The van der Waals surface area contributed by atoms with E-state index in [0.717, 1.165) is 30.6 Å². The molecule has 1 saturated heterocycles. The van der Waals surface area contributed by atoms with Crippen molar-refractivity contribution >= 4 is 17.9 Å². The number of aryl methyl sites for hydroxylation is 2. The predicted octanol–water partition coefficient (Wildman–Crippen LogP) is 3.02. The second-order valence-electron chi connectivity index (χ2n) is 6.52. The van der Waals surface area contributed by atoms with Gasteiger partial charge in [-0.1, -0.05) is 12.5 Å². The van der Waals surface area contributed by atoms with Gasteiger partial charge in [-0.3, -0.25) is 9.89 Å². The van der Waals surface area contributed by atoms with Crippen LogP contribution in [0, 0.1) is 0 Å². The Hall–Kier alpha value is -1.88. The fourth-order valence-electron chi connectivity index (χ4n) is 3.81. The standard InChI is InChI=1S/C18H24N4O/c1-19-17-16-9-8-14-6-5-7-15(14)22(16)20-18(17)23-13-12-21-10-3-2-4-11-21/h8-9H,1-7,10-13H2. The number of likely N-dealkylation sites (tertiary alicyclic amines) is 1. The highest BCUT2D eigenvalue weighted by Crippen LogP contribution is 2.34. The summed E-state index contributed by atoms with van der Waals surface area (Å²) in [5.74, 6) is 0.623. The lowest BCUT2D eigenvalue weighted by molar-refractivity contribution is 0.180. The molecule has 1 fully saturated rings. The quantitative estimate of drug-likeness (QED) is 0.797. The summed E-state index contributed by atoms with van der Waals surface area (Å²) in [7, 11) is 0. The van der Waals surface area contributed by atoms with Gasteiger partial charge in [-0.15, -0.1) is 5.10 Å². The smallest absolute Gasteiger partial charge is 0.260 e. The van der Waals surface area contributed by atoms with Gasteiger partial charge in [0.25, 0.3) is 5.88 Å². The van der Waals surface area contributed by atoms with Crippen molar-refractivity contribution in [2.75, 3.05) is 26.2 Å². The van der Waals surface area contributed by atoms with Crippen LogP contribution in [0.4, 0.5) is 5.69 Å². The molecule has 2 aromatic heterocycles. The molecule has 5 nitrogen and oxygen atoms in total. The summed E-state index contributed by atoms with van der Waals surface area (Å²) in [5.41, 5.74) is 4.49. The van der Waals surface area contributed by atoms with E-state index in [1.165, 1.54) is 50.0 Å². The lowest BCUT2D eigenvalue weighted by Gasteiger charge is -2.25. The van der Waals surface area contributed by atoms with Crippen LogP contribution in [0.3, 0.4) is 0 Å². The number of ether oxygens (including phenoxy) is 1. The monoisotopic (exact) mass is 312 g/mol. The maximum absolute atomic E-state index is 5.97. The normalized spacial score (nSPS) is 18.3. The highest BCUT2D eigenvalue weighted by molar-refractivity contribution is 5.76. The van der Waals surface area contributed by atoms with Crippen molar-refractivity contribution in [3.8, 4) is 5.88 Å². The molecule has 1 aliphatic heterocycles. The minimum Gasteiger partial charge on any atom is -0.474 e. The van der Waals surface area contributed by atoms with Crippen LogP contribution in [-0.2, 0) is 12.8 Å². The van der Waals surface area contributed by atoms with Gasteiger partial charge in [0.2, 0.25) is 0 Å². The van der Waals surface area contributed by atoms with Crippen molar-refractivity contribution in [2.45, 2.75) is 38.5 Å². The van der Waals surface area contributed by atoms with Gasteiger partial charge in [-0.05, 0) is 63.5 Å². The first kappa shape index (κ1) is 14.7. The van der Waals surface area contributed by atoms with E-state index < -0.39 is 0 Å². The topological polar surface area (TPSA) is 42.1 Å². The lowest BCUT2D eigenvalue weighted by atomic mass is 10.1. The minimum atomic E-state index is 0.623. The fraction of sp³-hybridized carbons (Fsp3) is 0.556. The molecule has 23 heavy (non-hydrogen) atoms. The molecule has 0 aromatic carbocycles. The highest BCUT2D eigenvalue weighted by Gasteiger charge is 2.20. The number of fused-ring (bicyclic) bond motifs is 3. The Morgan fingerprint density at radius 1 is 1.13 bits per heavy atom. The number of hydrogen-bond donors (Lipinski definition) is 0. The van der Waals surface area contributed by atoms with E-state index in [-0.39, 0.29) is 0 Å². The van der Waals surface area contributed by atoms with Crippen LogP contribution in [0.25, 0.3) is 5.52 Å². The predicted molar refractivity (Wildman–Crippen MR) is 92.2 cm³/mol. The SMILES string of the molecule is C=Nc1c(OCCN2CCCCC2)nn2c3c(ccc12)CCC3. The Kier molecular flexibility index (Phi) is 4.04. The van der Waals surface area contributed by atoms with Gasteiger partial charge in [-0.2, -0.15) is 0 Å². The zero-order valence-electron chi connectivity index (χ0n) is 13.6. The number of nitrogens with zero attached hydrogens (tertiary/aromatic N) is 4. The van der Waals surface area contributed by atoms with Crippen molar-refractivity contribution in [3.05, 3.63) is 23.4 Å². The van der Waals surface area contributed by atoms with Crippen LogP contribution >= 0.6 is 0 Å². The summed E-state index contributed by atoms with van der Waals surface area (Å²) < 4.78 is 7.98. The van der Waals surface area contributed by atoms with Gasteiger partial charge in [0.1, 0.15) is 6.61 Å². The number of piperidine rings is 1. The third kappa shape index (κ3) is 2.74. The summed E-state index contributed by atoms with van der Waals surface area (Å²) in [4.78, 5) is 6.65. The Bertz CT molecular complexity index is 715. The molecule has 0 saturated carbocycles. The van der Waals surface area contributed by atoms with Gasteiger partial charge in [0.05, 0.1) is 5.52 Å². The van der Waals surface area contributed by atoms with Crippen LogP contribution in [-0.4, -0.2) is 47.5 Å². The van der Waals surface area contributed by atoms with Crippen LogP contribution in [0.2, 0.25) is 0 Å². The second-order valence-corrected chi connectivity index (χ2v) is 6.52. The van der Waals surface area contributed by atoms with E-state index in [1.807, 2.05) is 4.52 Å². The number of rotatable bonds is 5. The van der Waals surface area contributed by atoms with E-state index in [1.54, 1.807) is 0 Å². The molecule has 0 amide bonds. The lowest BCUT2D eigenvalue weighted by Crippen LogP contribution is -2.33.